The highest BCUT2D eigenvalue weighted by atomic mass is 32.1. The zero-order chi connectivity index (χ0) is 11.7. The van der Waals surface area contributed by atoms with Crippen LogP contribution in [0.15, 0.2) is 23.6 Å². The van der Waals surface area contributed by atoms with Crippen LogP contribution in [0.2, 0.25) is 0 Å². The van der Waals surface area contributed by atoms with Crippen molar-refractivity contribution in [2.75, 3.05) is 13.2 Å². The third kappa shape index (κ3) is 2.06. The van der Waals surface area contributed by atoms with E-state index in [4.69, 9.17) is 9.84 Å². The molecular weight excluding hydrogens is 234 g/mol. The molecule has 0 aliphatic carbocycles. The Hall–Kier alpha value is -1.39. The van der Waals surface area contributed by atoms with Gasteiger partial charge in [0.05, 0.1) is 17.3 Å². The van der Waals surface area contributed by atoms with Gasteiger partial charge in [0.15, 0.2) is 0 Å². The van der Waals surface area contributed by atoms with Crippen molar-refractivity contribution in [2.45, 2.75) is 12.8 Å². The number of aromatic nitrogens is 1. The van der Waals surface area contributed by atoms with Crippen LogP contribution in [0.25, 0.3) is 11.3 Å². The fourth-order valence-electron chi connectivity index (χ4n) is 2.00. The molecule has 2 aromatic rings. The molecule has 4 heteroatoms. The molecule has 0 bridgehead atoms. The fourth-order valence-corrected chi connectivity index (χ4v) is 2.80. The molecule has 2 heterocycles. The maximum Gasteiger partial charge on any atom is 0.122 e. The van der Waals surface area contributed by atoms with E-state index in [9.17, 15) is 0 Å². The van der Waals surface area contributed by atoms with Crippen LogP contribution < -0.4 is 4.74 Å². The second-order valence-electron chi connectivity index (χ2n) is 4.02. The second-order valence-corrected chi connectivity index (χ2v) is 4.96. The van der Waals surface area contributed by atoms with Gasteiger partial charge in [0.25, 0.3) is 0 Å². The molecule has 17 heavy (non-hydrogen) atoms. The molecule has 1 aromatic carbocycles. The van der Waals surface area contributed by atoms with E-state index in [2.05, 4.69) is 11.1 Å². The zero-order valence-electron chi connectivity index (χ0n) is 9.35. The van der Waals surface area contributed by atoms with Gasteiger partial charge in [0.1, 0.15) is 5.75 Å². The molecule has 0 unspecified atom stereocenters. The fraction of sp³-hybridized carbons (Fsp3) is 0.308. The number of rotatable bonds is 3. The number of hydrogen-bond acceptors (Lipinski definition) is 4. The lowest BCUT2D eigenvalue weighted by Gasteiger charge is -2.01. The Labute approximate surface area is 104 Å². The van der Waals surface area contributed by atoms with Gasteiger partial charge in [-0.1, -0.05) is 0 Å². The van der Waals surface area contributed by atoms with Crippen LogP contribution >= 0.6 is 11.3 Å². The highest BCUT2D eigenvalue weighted by Crippen LogP contribution is 2.30. The van der Waals surface area contributed by atoms with Gasteiger partial charge in [-0.3, -0.25) is 0 Å². The van der Waals surface area contributed by atoms with Crippen LogP contribution in [-0.4, -0.2) is 23.3 Å². The first-order valence-electron chi connectivity index (χ1n) is 5.68. The van der Waals surface area contributed by atoms with Crippen molar-refractivity contribution >= 4 is 11.3 Å². The summed E-state index contributed by atoms with van der Waals surface area (Å²) in [5, 5.41) is 11.9. The van der Waals surface area contributed by atoms with Crippen LogP contribution in [0.4, 0.5) is 0 Å². The Morgan fingerprint density at radius 2 is 2.35 bits per heavy atom. The van der Waals surface area contributed by atoms with Gasteiger partial charge in [-0.2, -0.15) is 0 Å². The Kier molecular flexibility index (Phi) is 2.82. The lowest BCUT2D eigenvalue weighted by atomic mass is 10.1. The third-order valence-corrected chi connectivity index (χ3v) is 3.77. The highest BCUT2D eigenvalue weighted by molar-refractivity contribution is 7.09. The van der Waals surface area contributed by atoms with E-state index >= 15 is 0 Å². The topological polar surface area (TPSA) is 42.4 Å². The number of nitrogens with zero attached hydrogens (tertiary/aromatic N) is 1. The Morgan fingerprint density at radius 3 is 3.24 bits per heavy atom. The molecule has 0 spiro atoms. The maximum atomic E-state index is 8.88. The Bertz CT molecular complexity index is 536. The number of fused-ring (bicyclic) bond motifs is 1. The predicted molar refractivity (Wildman–Crippen MR) is 67.5 cm³/mol. The number of thiazole rings is 1. The summed E-state index contributed by atoms with van der Waals surface area (Å²) in [5.74, 6) is 1.000. The van der Waals surface area contributed by atoms with Gasteiger partial charge in [-0.25, -0.2) is 4.98 Å². The molecule has 1 aliphatic heterocycles. The number of ether oxygens (including phenoxy) is 1. The summed E-state index contributed by atoms with van der Waals surface area (Å²) in [4.78, 5) is 4.51. The largest absolute Gasteiger partial charge is 0.493 e. The van der Waals surface area contributed by atoms with Gasteiger partial charge >= 0.3 is 0 Å². The zero-order valence-corrected chi connectivity index (χ0v) is 10.2. The lowest BCUT2D eigenvalue weighted by molar-refractivity contribution is 0.299. The SMILES string of the molecule is OCCc1nc(-c2ccc3c(c2)CCO3)cs1. The normalized spacial score (nSPS) is 13.5. The summed E-state index contributed by atoms with van der Waals surface area (Å²) < 4.78 is 5.48. The lowest BCUT2D eigenvalue weighted by Crippen LogP contribution is -1.89. The molecule has 0 saturated heterocycles. The van der Waals surface area contributed by atoms with Crippen LogP contribution in [0.5, 0.6) is 5.75 Å². The average molecular weight is 247 g/mol. The highest BCUT2D eigenvalue weighted by Gasteiger charge is 2.13. The number of aliphatic hydroxyl groups is 1. The molecule has 0 saturated carbocycles. The molecular formula is C13H13NO2S. The van der Waals surface area contributed by atoms with E-state index in [1.807, 2.05) is 17.5 Å². The van der Waals surface area contributed by atoms with Crippen LogP contribution in [0.1, 0.15) is 10.6 Å². The van der Waals surface area contributed by atoms with E-state index in [0.717, 1.165) is 35.0 Å². The molecule has 1 N–H and O–H groups in total. The summed E-state index contributed by atoms with van der Waals surface area (Å²) >= 11 is 1.60. The molecule has 1 aliphatic rings. The van der Waals surface area contributed by atoms with Crippen molar-refractivity contribution in [3.63, 3.8) is 0 Å². The first-order valence-corrected chi connectivity index (χ1v) is 6.56. The summed E-state index contributed by atoms with van der Waals surface area (Å²) in [6.07, 6.45) is 1.62. The van der Waals surface area contributed by atoms with Crippen LogP contribution in [0, 0.1) is 0 Å². The molecule has 0 amide bonds. The van der Waals surface area contributed by atoms with E-state index in [0.29, 0.717) is 6.42 Å². The Morgan fingerprint density at radius 1 is 1.41 bits per heavy atom. The van der Waals surface area contributed by atoms with Crippen molar-refractivity contribution in [1.29, 1.82) is 0 Å². The van der Waals surface area contributed by atoms with Gasteiger partial charge in [0, 0.05) is 30.4 Å². The first-order chi connectivity index (χ1) is 8.36. The quantitative estimate of drug-likeness (QED) is 0.904. The van der Waals surface area contributed by atoms with E-state index in [1.54, 1.807) is 11.3 Å². The minimum absolute atomic E-state index is 0.158. The summed E-state index contributed by atoms with van der Waals surface area (Å²) in [5.41, 5.74) is 3.39. The first kappa shape index (κ1) is 10.7. The van der Waals surface area contributed by atoms with Crippen LogP contribution in [0.3, 0.4) is 0 Å². The second kappa shape index (κ2) is 4.47. The minimum atomic E-state index is 0.158. The van der Waals surface area contributed by atoms with E-state index in [1.165, 1.54) is 5.56 Å². The van der Waals surface area contributed by atoms with E-state index in [-0.39, 0.29) is 6.61 Å². The molecule has 88 valence electrons. The molecule has 0 fully saturated rings. The van der Waals surface area contributed by atoms with Gasteiger partial charge in [-0.05, 0) is 23.8 Å². The average Bonchev–Trinajstić information content (AvgIpc) is 2.96. The number of aliphatic hydroxyl groups excluding tert-OH is 1. The number of hydrogen-bond donors (Lipinski definition) is 1. The van der Waals surface area contributed by atoms with Gasteiger partial charge in [-0.15, -0.1) is 11.3 Å². The van der Waals surface area contributed by atoms with Crippen molar-refractivity contribution < 1.29 is 9.84 Å². The van der Waals surface area contributed by atoms with E-state index < -0.39 is 0 Å². The van der Waals surface area contributed by atoms with Gasteiger partial charge < -0.3 is 9.84 Å². The molecule has 0 radical (unpaired) electrons. The molecule has 0 atom stereocenters. The molecule has 3 nitrogen and oxygen atoms in total. The van der Waals surface area contributed by atoms with Crippen molar-refractivity contribution in [1.82, 2.24) is 4.98 Å². The third-order valence-electron chi connectivity index (χ3n) is 2.86. The summed E-state index contributed by atoms with van der Waals surface area (Å²) in [6, 6.07) is 6.21. The van der Waals surface area contributed by atoms with Crippen LogP contribution in [-0.2, 0) is 12.8 Å². The molecule has 1 aromatic heterocycles. The monoisotopic (exact) mass is 247 g/mol. The van der Waals surface area contributed by atoms with Crippen molar-refractivity contribution in [3.8, 4) is 17.0 Å². The van der Waals surface area contributed by atoms with Crippen molar-refractivity contribution in [3.05, 3.63) is 34.2 Å². The summed E-state index contributed by atoms with van der Waals surface area (Å²) in [6.45, 7) is 0.941. The smallest absolute Gasteiger partial charge is 0.122 e. The minimum Gasteiger partial charge on any atom is -0.493 e. The standard InChI is InChI=1S/C13H13NO2S/c15-5-3-13-14-11(8-17-13)9-1-2-12-10(7-9)4-6-16-12/h1-2,7-8,15H,3-6H2. The molecule has 3 rings (SSSR count). The van der Waals surface area contributed by atoms with Gasteiger partial charge in [0.2, 0.25) is 0 Å². The maximum absolute atomic E-state index is 8.88. The van der Waals surface area contributed by atoms with Crippen molar-refractivity contribution in [2.24, 2.45) is 0 Å². The summed E-state index contributed by atoms with van der Waals surface area (Å²) in [7, 11) is 0. The predicted octanol–water partition coefficient (Wildman–Crippen LogP) is 2.28. The Balaban J connectivity index is 1.92. The number of benzene rings is 1.